The maximum Gasteiger partial charge on any atom is 0.0282 e. The van der Waals surface area contributed by atoms with Crippen molar-refractivity contribution in [2.45, 2.75) is 34.6 Å². The van der Waals surface area contributed by atoms with Crippen LogP contribution in [0.4, 0.5) is 0 Å². The van der Waals surface area contributed by atoms with Crippen LogP contribution in [-0.4, -0.2) is 5.71 Å². The summed E-state index contributed by atoms with van der Waals surface area (Å²) in [7, 11) is 0. The molecule has 1 heteroatoms. The molecule has 0 aliphatic rings. The molecule has 0 aromatic rings. The van der Waals surface area contributed by atoms with E-state index < -0.39 is 0 Å². The fourth-order valence-corrected chi connectivity index (χ4v) is 0.587. The second-order valence-electron chi connectivity index (χ2n) is 4.14. The van der Waals surface area contributed by atoms with Gasteiger partial charge in [0.1, 0.15) is 0 Å². The number of hydrogen-bond acceptors (Lipinski definition) is 1. The van der Waals surface area contributed by atoms with Crippen LogP contribution in [0.3, 0.4) is 0 Å². The fraction of sp³-hybridized carbons (Fsp3) is 0.545. The molecule has 0 saturated carbocycles. The summed E-state index contributed by atoms with van der Waals surface area (Å²) >= 11 is 0. The zero-order valence-corrected chi connectivity index (χ0v) is 8.73. The predicted molar refractivity (Wildman–Crippen MR) is 55.8 cm³/mol. The van der Waals surface area contributed by atoms with Gasteiger partial charge in [-0.15, -0.1) is 0 Å². The van der Waals surface area contributed by atoms with Gasteiger partial charge in [-0.3, -0.25) is 0 Å². The normalized spacial score (nSPS) is 13.9. The van der Waals surface area contributed by atoms with Crippen molar-refractivity contribution in [3.05, 3.63) is 23.8 Å². The predicted octanol–water partition coefficient (Wildman–Crippen LogP) is 3.57. The minimum Gasteiger partial charge on any atom is -0.306 e. The van der Waals surface area contributed by atoms with Crippen LogP contribution in [0.1, 0.15) is 34.6 Å². The van der Waals surface area contributed by atoms with Gasteiger partial charge in [0, 0.05) is 5.71 Å². The van der Waals surface area contributed by atoms with Gasteiger partial charge in [0.05, 0.1) is 0 Å². The lowest BCUT2D eigenvalue weighted by atomic mass is 9.87. The SMILES string of the molecule is CC(=N)/C=C\C=C(/C)C(C)(C)C. The van der Waals surface area contributed by atoms with Crippen LogP contribution in [0.25, 0.3) is 0 Å². The summed E-state index contributed by atoms with van der Waals surface area (Å²) in [5.74, 6) is 0. The third-order valence-electron chi connectivity index (χ3n) is 1.88. The second-order valence-corrected chi connectivity index (χ2v) is 4.14. The minimum absolute atomic E-state index is 0.236. The zero-order valence-electron chi connectivity index (χ0n) is 8.73. The summed E-state index contributed by atoms with van der Waals surface area (Å²) < 4.78 is 0. The molecule has 0 aliphatic heterocycles. The lowest BCUT2D eigenvalue weighted by Gasteiger charge is -2.18. The third-order valence-corrected chi connectivity index (χ3v) is 1.88. The first-order valence-electron chi connectivity index (χ1n) is 4.24. The largest absolute Gasteiger partial charge is 0.306 e. The molecular weight excluding hydrogens is 146 g/mol. The Morgan fingerprint density at radius 1 is 1.17 bits per heavy atom. The molecule has 0 aliphatic carbocycles. The first kappa shape index (κ1) is 11.2. The monoisotopic (exact) mass is 165 g/mol. The molecule has 0 fully saturated rings. The average molecular weight is 165 g/mol. The van der Waals surface area contributed by atoms with Gasteiger partial charge in [0.15, 0.2) is 0 Å². The van der Waals surface area contributed by atoms with Crippen LogP contribution >= 0.6 is 0 Å². The summed E-state index contributed by atoms with van der Waals surface area (Å²) in [4.78, 5) is 0. The van der Waals surface area contributed by atoms with Gasteiger partial charge in [0.2, 0.25) is 0 Å². The van der Waals surface area contributed by atoms with E-state index in [0.717, 1.165) is 0 Å². The topological polar surface area (TPSA) is 23.9 Å². The number of hydrogen-bond donors (Lipinski definition) is 1. The Kier molecular flexibility index (Phi) is 3.94. The Bertz CT molecular complexity index is 214. The first-order valence-corrected chi connectivity index (χ1v) is 4.24. The Hall–Kier alpha value is -0.850. The maximum atomic E-state index is 7.18. The van der Waals surface area contributed by atoms with Crippen LogP contribution < -0.4 is 0 Å². The van der Waals surface area contributed by atoms with E-state index in [9.17, 15) is 0 Å². The smallest absolute Gasteiger partial charge is 0.0282 e. The van der Waals surface area contributed by atoms with Crippen LogP contribution in [0.5, 0.6) is 0 Å². The summed E-state index contributed by atoms with van der Waals surface area (Å²) in [6.07, 6.45) is 5.80. The van der Waals surface area contributed by atoms with E-state index in [-0.39, 0.29) is 5.41 Å². The molecule has 0 amide bonds. The van der Waals surface area contributed by atoms with Crippen molar-refractivity contribution >= 4 is 5.71 Å². The number of nitrogens with one attached hydrogen (secondary N) is 1. The molecule has 0 heterocycles. The highest BCUT2D eigenvalue weighted by molar-refractivity contribution is 5.90. The van der Waals surface area contributed by atoms with Gasteiger partial charge in [-0.05, 0) is 25.3 Å². The Morgan fingerprint density at radius 3 is 2.00 bits per heavy atom. The molecule has 0 atom stereocenters. The fourth-order valence-electron chi connectivity index (χ4n) is 0.587. The molecule has 0 radical (unpaired) electrons. The van der Waals surface area contributed by atoms with E-state index >= 15 is 0 Å². The van der Waals surface area contributed by atoms with Crippen molar-refractivity contribution in [1.29, 1.82) is 5.41 Å². The van der Waals surface area contributed by atoms with Gasteiger partial charge in [-0.2, -0.15) is 0 Å². The molecule has 0 aromatic heterocycles. The highest BCUT2D eigenvalue weighted by Crippen LogP contribution is 2.23. The minimum atomic E-state index is 0.236. The van der Waals surface area contributed by atoms with Crippen molar-refractivity contribution in [2.24, 2.45) is 5.41 Å². The molecule has 0 unspecified atom stereocenters. The lowest BCUT2D eigenvalue weighted by Crippen LogP contribution is -2.05. The van der Waals surface area contributed by atoms with E-state index in [4.69, 9.17) is 5.41 Å². The van der Waals surface area contributed by atoms with E-state index in [2.05, 4.69) is 33.8 Å². The molecule has 0 spiro atoms. The maximum absolute atomic E-state index is 7.18. The first-order chi connectivity index (χ1) is 5.34. The molecule has 0 rings (SSSR count). The summed E-state index contributed by atoms with van der Waals surface area (Å²) in [5.41, 5.74) is 2.16. The highest BCUT2D eigenvalue weighted by atomic mass is 14.4. The molecular formula is C11H19N. The van der Waals surface area contributed by atoms with Crippen molar-refractivity contribution in [2.75, 3.05) is 0 Å². The molecule has 0 bridgehead atoms. The van der Waals surface area contributed by atoms with Crippen molar-refractivity contribution in [1.82, 2.24) is 0 Å². The average Bonchev–Trinajstić information content (AvgIpc) is 1.84. The van der Waals surface area contributed by atoms with E-state index in [0.29, 0.717) is 5.71 Å². The summed E-state index contributed by atoms with van der Waals surface area (Å²) in [5, 5.41) is 7.18. The molecule has 12 heavy (non-hydrogen) atoms. The van der Waals surface area contributed by atoms with Gasteiger partial charge < -0.3 is 5.41 Å². The van der Waals surface area contributed by atoms with Crippen molar-refractivity contribution < 1.29 is 0 Å². The van der Waals surface area contributed by atoms with Gasteiger partial charge in [0.25, 0.3) is 0 Å². The summed E-state index contributed by atoms with van der Waals surface area (Å²) in [6, 6.07) is 0. The zero-order chi connectivity index (χ0) is 9.78. The number of allylic oxidation sites excluding steroid dienone is 4. The summed E-state index contributed by atoms with van der Waals surface area (Å²) in [6.45, 7) is 10.4. The van der Waals surface area contributed by atoms with Crippen LogP contribution in [0.15, 0.2) is 23.8 Å². The van der Waals surface area contributed by atoms with E-state index in [1.54, 1.807) is 13.0 Å². The van der Waals surface area contributed by atoms with Gasteiger partial charge in [-0.1, -0.05) is 38.5 Å². The quantitative estimate of drug-likeness (QED) is 0.478. The Morgan fingerprint density at radius 2 is 1.67 bits per heavy atom. The van der Waals surface area contributed by atoms with E-state index in [1.807, 2.05) is 6.08 Å². The van der Waals surface area contributed by atoms with E-state index in [1.165, 1.54) is 5.57 Å². The highest BCUT2D eigenvalue weighted by Gasteiger charge is 2.10. The number of rotatable bonds is 2. The van der Waals surface area contributed by atoms with Crippen LogP contribution in [-0.2, 0) is 0 Å². The van der Waals surface area contributed by atoms with Gasteiger partial charge in [-0.25, -0.2) is 0 Å². The third kappa shape index (κ3) is 4.89. The van der Waals surface area contributed by atoms with Crippen molar-refractivity contribution in [3.63, 3.8) is 0 Å². The molecule has 0 aromatic carbocycles. The van der Waals surface area contributed by atoms with Crippen LogP contribution in [0, 0.1) is 10.8 Å². The lowest BCUT2D eigenvalue weighted by molar-refractivity contribution is 0.504. The molecule has 1 nitrogen and oxygen atoms in total. The molecule has 68 valence electrons. The Balaban J connectivity index is 4.29. The van der Waals surface area contributed by atoms with Gasteiger partial charge >= 0.3 is 0 Å². The molecule has 0 saturated heterocycles. The Labute approximate surface area is 75.7 Å². The molecule has 1 N–H and O–H groups in total. The standard InChI is InChI=1S/C11H19N/c1-9(11(3,4)5)7-6-8-10(2)12/h6-8,12H,1-5H3/b8-6-,9-7+,12-10?. The van der Waals surface area contributed by atoms with Crippen molar-refractivity contribution in [3.8, 4) is 0 Å². The second kappa shape index (κ2) is 4.24. The van der Waals surface area contributed by atoms with Crippen LogP contribution in [0.2, 0.25) is 0 Å².